The Balaban J connectivity index is 2.02. The fourth-order valence-corrected chi connectivity index (χ4v) is 4.82. The van der Waals surface area contributed by atoms with Gasteiger partial charge in [-0.15, -0.1) is 0 Å². The smallest absolute Gasteiger partial charge is 0.280 e. The molecule has 0 bridgehead atoms. The third kappa shape index (κ3) is 4.40. The number of nitrogens with two attached hydrogens (primary N) is 1. The van der Waals surface area contributed by atoms with Crippen molar-refractivity contribution in [3.05, 3.63) is 0 Å². The van der Waals surface area contributed by atoms with Gasteiger partial charge in [0.1, 0.15) is 5.84 Å². The highest BCUT2D eigenvalue weighted by Gasteiger charge is 2.33. The van der Waals surface area contributed by atoms with Crippen molar-refractivity contribution in [3.8, 4) is 0 Å². The summed E-state index contributed by atoms with van der Waals surface area (Å²) in [6.45, 7) is 3.27. The molecule has 1 atom stereocenters. The monoisotopic (exact) mass is 316 g/mol. The van der Waals surface area contributed by atoms with E-state index in [2.05, 4.69) is 11.6 Å². The molecule has 1 saturated carbocycles. The lowest BCUT2D eigenvalue weighted by molar-refractivity contribution is 0.277. The van der Waals surface area contributed by atoms with Gasteiger partial charge in [0, 0.05) is 13.1 Å². The maximum absolute atomic E-state index is 12.5. The quantitative estimate of drug-likeness (QED) is 0.528. The highest BCUT2D eigenvalue weighted by Crippen LogP contribution is 2.27. The average molecular weight is 316 g/mol. The minimum Gasteiger partial charge on any atom is -0.386 e. The molecule has 122 valence electrons. The molecule has 2 fully saturated rings. The van der Waals surface area contributed by atoms with Crippen molar-refractivity contribution in [1.29, 1.82) is 5.41 Å². The van der Waals surface area contributed by atoms with Gasteiger partial charge in [-0.25, -0.2) is 0 Å². The van der Waals surface area contributed by atoms with E-state index >= 15 is 0 Å². The van der Waals surface area contributed by atoms with E-state index < -0.39 is 16.3 Å². The van der Waals surface area contributed by atoms with Crippen LogP contribution in [0.1, 0.15) is 51.9 Å². The maximum atomic E-state index is 12.5. The Morgan fingerprint density at radius 1 is 1.19 bits per heavy atom. The second-order valence-corrected chi connectivity index (χ2v) is 8.24. The molecular weight excluding hydrogens is 288 g/mol. The molecule has 1 unspecified atom stereocenters. The number of rotatable bonds is 5. The van der Waals surface area contributed by atoms with E-state index in [0.717, 1.165) is 38.5 Å². The molecule has 0 aromatic heterocycles. The van der Waals surface area contributed by atoms with Crippen molar-refractivity contribution in [3.63, 3.8) is 0 Å². The summed E-state index contributed by atoms with van der Waals surface area (Å²) in [6, 6.07) is -0.547. The molecule has 6 nitrogen and oxygen atoms in total. The molecule has 1 aliphatic heterocycles. The minimum atomic E-state index is -3.54. The Bertz CT molecular complexity index is 452. The topological polar surface area (TPSA) is 99.3 Å². The van der Waals surface area contributed by atoms with Gasteiger partial charge < -0.3 is 5.73 Å². The highest BCUT2D eigenvalue weighted by molar-refractivity contribution is 7.87. The summed E-state index contributed by atoms with van der Waals surface area (Å²) in [6.07, 6.45) is 7.07. The van der Waals surface area contributed by atoms with E-state index in [4.69, 9.17) is 11.1 Å². The zero-order valence-corrected chi connectivity index (χ0v) is 13.7. The SMILES string of the molecule is CC1CCN(S(=O)(=O)NC(C(=N)N)C2CCCCC2)CC1. The van der Waals surface area contributed by atoms with Gasteiger partial charge in [-0.1, -0.05) is 26.2 Å². The van der Waals surface area contributed by atoms with Crippen LogP contribution in [0.4, 0.5) is 0 Å². The van der Waals surface area contributed by atoms with E-state index in [1.165, 1.54) is 10.7 Å². The number of nitrogens with zero attached hydrogens (tertiary/aromatic N) is 1. The second kappa shape index (κ2) is 7.07. The summed E-state index contributed by atoms with van der Waals surface area (Å²) in [7, 11) is -3.54. The van der Waals surface area contributed by atoms with Crippen LogP contribution in [0.25, 0.3) is 0 Å². The lowest BCUT2D eigenvalue weighted by Crippen LogP contribution is -2.54. The van der Waals surface area contributed by atoms with Crippen LogP contribution in [0.3, 0.4) is 0 Å². The summed E-state index contributed by atoms with van der Waals surface area (Å²) < 4.78 is 29.2. The Morgan fingerprint density at radius 2 is 1.76 bits per heavy atom. The lowest BCUT2D eigenvalue weighted by atomic mass is 9.84. The van der Waals surface area contributed by atoms with E-state index in [9.17, 15) is 8.42 Å². The Kier molecular flexibility index (Phi) is 5.62. The first-order chi connectivity index (χ1) is 9.90. The van der Waals surface area contributed by atoms with E-state index in [-0.39, 0.29) is 11.8 Å². The average Bonchev–Trinajstić information content (AvgIpc) is 2.46. The fraction of sp³-hybridized carbons (Fsp3) is 0.929. The van der Waals surface area contributed by atoms with Gasteiger partial charge in [0.25, 0.3) is 10.2 Å². The summed E-state index contributed by atoms with van der Waals surface area (Å²) in [4.78, 5) is 0. The predicted molar refractivity (Wildman–Crippen MR) is 84.3 cm³/mol. The van der Waals surface area contributed by atoms with Crippen molar-refractivity contribution >= 4 is 16.0 Å². The maximum Gasteiger partial charge on any atom is 0.280 e. The molecule has 0 aromatic rings. The largest absolute Gasteiger partial charge is 0.386 e. The summed E-state index contributed by atoms with van der Waals surface area (Å²) >= 11 is 0. The second-order valence-electron chi connectivity index (χ2n) is 6.54. The van der Waals surface area contributed by atoms with Crippen molar-refractivity contribution in [1.82, 2.24) is 9.03 Å². The van der Waals surface area contributed by atoms with Crippen LogP contribution >= 0.6 is 0 Å². The normalized spacial score (nSPS) is 24.8. The molecule has 1 heterocycles. The van der Waals surface area contributed by atoms with Crippen LogP contribution in [0, 0.1) is 17.2 Å². The molecule has 1 aliphatic carbocycles. The zero-order chi connectivity index (χ0) is 15.5. The molecule has 2 aliphatic rings. The molecule has 0 amide bonds. The molecular formula is C14H28N4O2S. The third-order valence-corrected chi connectivity index (χ3v) is 6.41. The third-order valence-electron chi connectivity index (χ3n) is 4.81. The van der Waals surface area contributed by atoms with Crippen LogP contribution in [-0.2, 0) is 10.2 Å². The minimum absolute atomic E-state index is 0.0594. The van der Waals surface area contributed by atoms with Crippen LogP contribution in [-0.4, -0.2) is 37.7 Å². The van der Waals surface area contributed by atoms with Crippen molar-refractivity contribution in [2.24, 2.45) is 17.6 Å². The van der Waals surface area contributed by atoms with Crippen LogP contribution in [0.2, 0.25) is 0 Å². The summed E-state index contributed by atoms with van der Waals surface area (Å²) in [5, 5.41) is 7.75. The Hall–Kier alpha value is -0.660. The van der Waals surface area contributed by atoms with Gasteiger partial charge in [0.05, 0.1) is 6.04 Å². The van der Waals surface area contributed by atoms with Gasteiger partial charge in [-0.2, -0.15) is 17.4 Å². The lowest BCUT2D eigenvalue weighted by Gasteiger charge is -2.34. The van der Waals surface area contributed by atoms with Crippen molar-refractivity contribution < 1.29 is 8.42 Å². The van der Waals surface area contributed by atoms with Gasteiger partial charge >= 0.3 is 0 Å². The van der Waals surface area contributed by atoms with Crippen LogP contribution < -0.4 is 10.5 Å². The van der Waals surface area contributed by atoms with E-state index in [1.54, 1.807) is 0 Å². The van der Waals surface area contributed by atoms with E-state index in [0.29, 0.717) is 19.0 Å². The van der Waals surface area contributed by atoms with Gasteiger partial charge in [0.15, 0.2) is 0 Å². The number of hydrogen-bond donors (Lipinski definition) is 3. The van der Waals surface area contributed by atoms with E-state index in [1.807, 2.05) is 0 Å². The Morgan fingerprint density at radius 3 is 2.29 bits per heavy atom. The number of amidine groups is 1. The van der Waals surface area contributed by atoms with Gasteiger partial charge in [0.2, 0.25) is 0 Å². The Labute approximate surface area is 128 Å². The van der Waals surface area contributed by atoms with Crippen LogP contribution in [0.15, 0.2) is 0 Å². The summed E-state index contributed by atoms with van der Waals surface area (Å²) in [5.74, 6) is 0.684. The van der Waals surface area contributed by atoms with Gasteiger partial charge in [-0.3, -0.25) is 5.41 Å². The van der Waals surface area contributed by atoms with Gasteiger partial charge in [-0.05, 0) is 37.5 Å². The standard InChI is InChI=1S/C14H28N4O2S/c1-11-7-9-18(10-8-11)21(19,20)17-13(14(15)16)12-5-3-2-4-6-12/h11-13,17H,2-10H2,1H3,(H3,15,16). The number of piperidine rings is 1. The molecule has 0 radical (unpaired) electrons. The molecule has 0 spiro atoms. The molecule has 21 heavy (non-hydrogen) atoms. The predicted octanol–water partition coefficient (Wildman–Crippen LogP) is 1.44. The zero-order valence-electron chi connectivity index (χ0n) is 12.8. The molecule has 7 heteroatoms. The summed E-state index contributed by atoms with van der Waals surface area (Å²) in [5.41, 5.74) is 5.66. The number of nitrogens with one attached hydrogen (secondary N) is 2. The number of hydrogen-bond acceptors (Lipinski definition) is 3. The van der Waals surface area contributed by atoms with Crippen LogP contribution in [0.5, 0.6) is 0 Å². The first-order valence-corrected chi connectivity index (χ1v) is 9.45. The molecule has 4 N–H and O–H groups in total. The molecule has 2 rings (SSSR count). The first-order valence-electron chi connectivity index (χ1n) is 8.01. The first kappa shape index (κ1) is 16.7. The molecule has 1 saturated heterocycles. The van der Waals surface area contributed by atoms with Crippen molar-refractivity contribution in [2.45, 2.75) is 57.9 Å². The molecule has 0 aromatic carbocycles. The highest BCUT2D eigenvalue weighted by atomic mass is 32.2. The fourth-order valence-electron chi connectivity index (χ4n) is 3.34. The van der Waals surface area contributed by atoms with Crippen molar-refractivity contribution in [2.75, 3.05) is 13.1 Å².